The minimum absolute atomic E-state index is 0.00819. The van der Waals surface area contributed by atoms with E-state index in [1.807, 2.05) is 30.3 Å². The van der Waals surface area contributed by atoms with Crippen molar-refractivity contribution in [2.45, 2.75) is 13.0 Å². The number of amides is 1. The van der Waals surface area contributed by atoms with E-state index in [0.29, 0.717) is 18.7 Å². The molecule has 0 spiro atoms. The second-order valence-electron chi connectivity index (χ2n) is 6.42. The van der Waals surface area contributed by atoms with Crippen LogP contribution in [0, 0.1) is 5.82 Å². The molecular weight excluding hydrogens is 375 g/mol. The van der Waals surface area contributed by atoms with Crippen LogP contribution < -0.4 is 10.9 Å². The molecule has 9 heteroatoms. The van der Waals surface area contributed by atoms with E-state index in [0.717, 1.165) is 5.56 Å². The lowest BCUT2D eigenvalue weighted by Crippen LogP contribution is -2.33. The Morgan fingerprint density at radius 1 is 1.10 bits per heavy atom. The fourth-order valence-corrected chi connectivity index (χ4v) is 2.94. The van der Waals surface area contributed by atoms with Crippen LogP contribution >= 0.6 is 0 Å². The average molecular weight is 392 g/mol. The van der Waals surface area contributed by atoms with E-state index in [2.05, 4.69) is 20.6 Å². The zero-order chi connectivity index (χ0) is 20.2. The van der Waals surface area contributed by atoms with Crippen molar-refractivity contribution >= 4 is 17.1 Å². The molecule has 0 aliphatic rings. The fourth-order valence-electron chi connectivity index (χ4n) is 2.94. The van der Waals surface area contributed by atoms with Crippen LogP contribution in [0.2, 0.25) is 0 Å². The first-order valence-corrected chi connectivity index (χ1v) is 8.99. The van der Waals surface area contributed by atoms with Crippen molar-refractivity contribution in [3.8, 4) is 5.69 Å². The Morgan fingerprint density at radius 2 is 1.93 bits per heavy atom. The van der Waals surface area contributed by atoms with E-state index in [1.165, 1.54) is 33.8 Å². The molecule has 2 aromatic heterocycles. The number of hydrogen-bond donors (Lipinski definition) is 1. The van der Waals surface area contributed by atoms with E-state index in [4.69, 9.17) is 0 Å². The molecule has 0 saturated carbocycles. The first-order valence-electron chi connectivity index (χ1n) is 8.99. The van der Waals surface area contributed by atoms with E-state index in [1.54, 1.807) is 6.07 Å². The van der Waals surface area contributed by atoms with Crippen LogP contribution in [-0.2, 0) is 17.8 Å². The highest BCUT2D eigenvalue weighted by atomic mass is 19.1. The van der Waals surface area contributed by atoms with E-state index in [-0.39, 0.29) is 23.6 Å². The highest BCUT2D eigenvalue weighted by Gasteiger charge is 2.15. The summed E-state index contributed by atoms with van der Waals surface area (Å²) in [5.74, 6) is -0.742. The predicted molar refractivity (Wildman–Crippen MR) is 104 cm³/mol. The standard InChI is InChI=1S/C20H17FN6O2/c21-15-7-4-8-16(11-15)27-19-18(24-25-27)20(29)26(13-23-19)12-17(28)22-10-9-14-5-2-1-3-6-14/h1-8,11,13H,9-10,12H2,(H,22,28). The van der Waals surface area contributed by atoms with Gasteiger partial charge in [-0.1, -0.05) is 41.6 Å². The third-order valence-electron chi connectivity index (χ3n) is 4.37. The molecule has 0 unspecified atom stereocenters. The monoisotopic (exact) mass is 392 g/mol. The zero-order valence-electron chi connectivity index (χ0n) is 15.3. The third-order valence-corrected chi connectivity index (χ3v) is 4.37. The molecule has 8 nitrogen and oxygen atoms in total. The van der Waals surface area contributed by atoms with Crippen molar-refractivity contribution in [1.82, 2.24) is 29.9 Å². The Balaban J connectivity index is 1.48. The van der Waals surface area contributed by atoms with Gasteiger partial charge < -0.3 is 5.32 Å². The second-order valence-corrected chi connectivity index (χ2v) is 6.42. The summed E-state index contributed by atoms with van der Waals surface area (Å²) in [6, 6.07) is 15.5. The zero-order valence-corrected chi connectivity index (χ0v) is 15.3. The summed E-state index contributed by atoms with van der Waals surface area (Å²) in [5.41, 5.74) is 1.23. The first kappa shape index (κ1) is 18.5. The van der Waals surface area contributed by atoms with Crippen molar-refractivity contribution in [3.63, 3.8) is 0 Å². The molecule has 0 saturated heterocycles. The SMILES string of the molecule is O=C(Cn1cnc2c(nnn2-c2cccc(F)c2)c1=O)NCCc1ccccc1. The van der Waals surface area contributed by atoms with E-state index < -0.39 is 11.4 Å². The van der Waals surface area contributed by atoms with Crippen molar-refractivity contribution in [2.75, 3.05) is 6.54 Å². The van der Waals surface area contributed by atoms with Gasteiger partial charge in [0.25, 0.3) is 5.56 Å². The van der Waals surface area contributed by atoms with Gasteiger partial charge in [-0.05, 0) is 30.2 Å². The minimum atomic E-state index is -0.490. The second kappa shape index (κ2) is 8.01. The van der Waals surface area contributed by atoms with Crippen LogP contribution in [0.5, 0.6) is 0 Å². The van der Waals surface area contributed by atoms with Gasteiger partial charge >= 0.3 is 0 Å². The van der Waals surface area contributed by atoms with Gasteiger partial charge in [-0.25, -0.2) is 9.37 Å². The maximum Gasteiger partial charge on any atom is 0.284 e. The Labute approximate surface area is 164 Å². The molecule has 4 aromatic rings. The molecule has 2 heterocycles. The number of hydrogen-bond acceptors (Lipinski definition) is 5. The number of carbonyl (C=O) groups excluding carboxylic acids is 1. The summed E-state index contributed by atoms with van der Waals surface area (Å²) in [6.45, 7) is 0.284. The minimum Gasteiger partial charge on any atom is -0.354 e. The molecule has 0 aliphatic heterocycles. The fraction of sp³-hybridized carbons (Fsp3) is 0.150. The Hall–Kier alpha value is -3.88. The molecule has 2 aromatic carbocycles. The summed E-state index contributed by atoms with van der Waals surface area (Å²) in [6.07, 6.45) is 1.96. The van der Waals surface area contributed by atoms with Crippen LogP contribution in [-0.4, -0.2) is 37.0 Å². The molecule has 0 aliphatic carbocycles. The number of fused-ring (bicyclic) bond motifs is 1. The molecule has 1 amide bonds. The number of carbonyl (C=O) groups is 1. The normalized spacial score (nSPS) is 10.9. The number of benzene rings is 2. The van der Waals surface area contributed by atoms with Crippen LogP contribution in [0.25, 0.3) is 16.9 Å². The van der Waals surface area contributed by atoms with Gasteiger partial charge in [0.05, 0.1) is 5.69 Å². The maximum absolute atomic E-state index is 13.5. The predicted octanol–water partition coefficient (Wildman–Crippen LogP) is 1.48. The molecule has 0 atom stereocenters. The Kier molecular flexibility index (Phi) is 5.10. The molecule has 0 fully saturated rings. The summed E-state index contributed by atoms with van der Waals surface area (Å²) >= 11 is 0. The summed E-state index contributed by atoms with van der Waals surface area (Å²) in [5, 5.41) is 10.5. The largest absolute Gasteiger partial charge is 0.354 e. The highest BCUT2D eigenvalue weighted by molar-refractivity contribution is 5.76. The Bertz CT molecular complexity index is 1220. The van der Waals surface area contributed by atoms with Gasteiger partial charge in [0, 0.05) is 6.54 Å². The number of nitrogens with one attached hydrogen (secondary N) is 1. The lowest BCUT2D eigenvalue weighted by molar-refractivity contribution is -0.121. The molecule has 29 heavy (non-hydrogen) atoms. The number of aromatic nitrogens is 5. The van der Waals surface area contributed by atoms with E-state index in [9.17, 15) is 14.0 Å². The molecule has 4 rings (SSSR count). The lowest BCUT2D eigenvalue weighted by atomic mass is 10.1. The van der Waals surface area contributed by atoms with Gasteiger partial charge in [0.15, 0.2) is 11.2 Å². The Morgan fingerprint density at radius 3 is 2.72 bits per heavy atom. The summed E-state index contributed by atoms with van der Waals surface area (Å²) in [7, 11) is 0. The highest BCUT2D eigenvalue weighted by Crippen LogP contribution is 2.12. The van der Waals surface area contributed by atoms with Crippen LogP contribution in [0.4, 0.5) is 4.39 Å². The van der Waals surface area contributed by atoms with E-state index >= 15 is 0 Å². The number of halogens is 1. The van der Waals surface area contributed by atoms with Gasteiger partial charge in [0.2, 0.25) is 5.91 Å². The maximum atomic E-state index is 13.5. The lowest BCUT2D eigenvalue weighted by Gasteiger charge is -2.07. The average Bonchev–Trinajstić information content (AvgIpc) is 3.16. The third kappa shape index (κ3) is 4.03. The van der Waals surface area contributed by atoms with Crippen LogP contribution in [0.1, 0.15) is 5.56 Å². The van der Waals surface area contributed by atoms with Gasteiger partial charge in [-0.3, -0.25) is 14.2 Å². The van der Waals surface area contributed by atoms with Crippen molar-refractivity contribution in [1.29, 1.82) is 0 Å². The molecule has 0 bridgehead atoms. The topological polar surface area (TPSA) is 94.7 Å². The molecule has 1 N–H and O–H groups in total. The quantitative estimate of drug-likeness (QED) is 0.536. The molecular formula is C20H17FN6O2. The van der Waals surface area contributed by atoms with Crippen molar-refractivity contribution < 1.29 is 9.18 Å². The van der Waals surface area contributed by atoms with Crippen LogP contribution in [0.3, 0.4) is 0 Å². The van der Waals surface area contributed by atoms with Crippen molar-refractivity contribution in [2.24, 2.45) is 0 Å². The summed E-state index contributed by atoms with van der Waals surface area (Å²) < 4.78 is 15.9. The smallest absolute Gasteiger partial charge is 0.284 e. The number of rotatable bonds is 6. The molecule has 0 radical (unpaired) electrons. The van der Waals surface area contributed by atoms with Gasteiger partial charge in [-0.15, -0.1) is 5.10 Å². The van der Waals surface area contributed by atoms with Gasteiger partial charge in [-0.2, -0.15) is 4.68 Å². The van der Waals surface area contributed by atoms with Gasteiger partial charge in [0.1, 0.15) is 18.7 Å². The number of nitrogens with zero attached hydrogens (tertiary/aromatic N) is 5. The van der Waals surface area contributed by atoms with Crippen molar-refractivity contribution in [3.05, 3.63) is 82.7 Å². The first-order chi connectivity index (χ1) is 14.1. The molecule has 146 valence electrons. The summed E-state index contributed by atoms with van der Waals surface area (Å²) in [4.78, 5) is 29.0. The van der Waals surface area contributed by atoms with Crippen LogP contribution in [0.15, 0.2) is 65.7 Å².